The molecular weight excluding hydrogens is 364 g/mol. The lowest BCUT2D eigenvalue weighted by molar-refractivity contribution is 0.0900. The van der Waals surface area contributed by atoms with Crippen LogP contribution in [0.15, 0.2) is 12.2 Å². The zero-order valence-corrected chi connectivity index (χ0v) is 19.9. The SMILES string of the molecule is C(=CCN(C1CCCCC1)C1CCCCC1)CN(C1CCCCC1)C1CCCCC1. The van der Waals surface area contributed by atoms with E-state index in [1.807, 2.05) is 0 Å². The van der Waals surface area contributed by atoms with E-state index in [4.69, 9.17) is 0 Å². The lowest BCUT2D eigenvalue weighted by Crippen LogP contribution is -2.46. The minimum absolute atomic E-state index is 0.874. The van der Waals surface area contributed by atoms with Crippen LogP contribution in [-0.2, 0) is 0 Å². The second-order valence-electron chi connectivity index (χ2n) is 11.0. The zero-order chi connectivity index (χ0) is 20.4. The first-order valence-electron chi connectivity index (χ1n) is 14.1. The predicted octanol–water partition coefficient (Wildman–Crippen LogP) is 7.48. The molecule has 172 valence electrons. The molecule has 0 N–H and O–H groups in total. The summed E-state index contributed by atoms with van der Waals surface area (Å²) in [6, 6.07) is 3.50. The van der Waals surface area contributed by atoms with Gasteiger partial charge in [0, 0.05) is 37.3 Å². The first kappa shape index (κ1) is 22.8. The lowest BCUT2D eigenvalue weighted by Gasteiger charge is -2.42. The Morgan fingerprint density at radius 1 is 0.367 bits per heavy atom. The van der Waals surface area contributed by atoms with E-state index < -0.39 is 0 Å². The molecule has 4 fully saturated rings. The van der Waals surface area contributed by atoms with Crippen molar-refractivity contribution >= 4 is 0 Å². The molecule has 0 radical (unpaired) electrons. The van der Waals surface area contributed by atoms with Crippen LogP contribution in [0.4, 0.5) is 0 Å². The summed E-state index contributed by atoms with van der Waals surface area (Å²) in [5.41, 5.74) is 0. The maximum absolute atomic E-state index is 2.96. The summed E-state index contributed by atoms with van der Waals surface area (Å²) in [5.74, 6) is 0. The van der Waals surface area contributed by atoms with Gasteiger partial charge >= 0.3 is 0 Å². The molecule has 4 aliphatic rings. The van der Waals surface area contributed by atoms with E-state index in [2.05, 4.69) is 22.0 Å². The van der Waals surface area contributed by atoms with Crippen molar-refractivity contribution in [2.75, 3.05) is 13.1 Å². The fourth-order valence-corrected chi connectivity index (χ4v) is 7.24. The van der Waals surface area contributed by atoms with Crippen molar-refractivity contribution in [3.05, 3.63) is 12.2 Å². The largest absolute Gasteiger partial charge is 0.294 e. The summed E-state index contributed by atoms with van der Waals surface area (Å²) < 4.78 is 0. The normalized spacial score (nSPS) is 26.9. The number of nitrogens with zero attached hydrogens (tertiary/aromatic N) is 2. The van der Waals surface area contributed by atoms with Crippen molar-refractivity contribution in [2.45, 2.75) is 153 Å². The molecule has 4 aliphatic carbocycles. The Kier molecular flexibility index (Phi) is 9.62. The topological polar surface area (TPSA) is 6.48 Å². The van der Waals surface area contributed by atoms with E-state index in [1.165, 1.54) is 142 Å². The minimum atomic E-state index is 0.874. The highest BCUT2D eigenvalue weighted by Crippen LogP contribution is 2.31. The van der Waals surface area contributed by atoms with Gasteiger partial charge in [0.15, 0.2) is 0 Å². The van der Waals surface area contributed by atoms with Crippen LogP contribution in [0.2, 0.25) is 0 Å². The van der Waals surface area contributed by atoms with Crippen molar-refractivity contribution in [1.82, 2.24) is 9.80 Å². The van der Waals surface area contributed by atoms with Gasteiger partial charge in [0.25, 0.3) is 0 Å². The molecule has 0 bridgehead atoms. The van der Waals surface area contributed by atoms with Gasteiger partial charge in [-0.05, 0) is 51.4 Å². The number of hydrogen-bond acceptors (Lipinski definition) is 2. The molecule has 0 spiro atoms. The fourth-order valence-electron chi connectivity index (χ4n) is 7.24. The Morgan fingerprint density at radius 2 is 0.600 bits per heavy atom. The van der Waals surface area contributed by atoms with Gasteiger partial charge in [-0.3, -0.25) is 9.80 Å². The van der Waals surface area contributed by atoms with E-state index in [9.17, 15) is 0 Å². The molecule has 0 saturated heterocycles. The molecule has 0 aromatic rings. The molecule has 0 atom stereocenters. The summed E-state index contributed by atoms with van der Waals surface area (Å²) in [4.78, 5) is 5.92. The smallest absolute Gasteiger partial charge is 0.0169 e. The Hall–Kier alpha value is -0.340. The molecule has 2 heteroatoms. The molecule has 30 heavy (non-hydrogen) atoms. The molecule has 2 nitrogen and oxygen atoms in total. The maximum atomic E-state index is 2.96. The molecule has 0 aromatic carbocycles. The van der Waals surface area contributed by atoms with Crippen LogP contribution in [-0.4, -0.2) is 47.1 Å². The van der Waals surface area contributed by atoms with Gasteiger partial charge < -0.3 is 0 Å². The van der Waals surface area contributed by atoms with Crippen LogP contribution in [0, 0.1) is 0 Å². The van der Waals surface area contributed by atoms with E-state index >= 15 is 0 Å². The zero-order valence-electron chi connectivity index (χ0n) is 19.9. The van der Waals surface area contributed by atoms with Gasteiger partial charge in [0.05, 0.1) is 0 Å². The molecule has 0 heterocycles. The molecular formula is C28H50N2. The first-order chi connectivity index (χ1) is 14.9. The minimum Gasteiger partial charge on any atom is -0.294 e. The van der Waals surface area contributed by atoms with Crippen molar-refractivity contribution in [1.29, 1.82) is 0 Å². The van der Waals surface area contributed by atoms with Gasteiger partial charge in [-0.15, -0.1) is 0 Å². The third-order valence-electron chi connectivity index (χ3n) is 8.97. The number of hydrogen-bond donors (Lipinski definition) is 0. The standard InChI is InChI=1S/C28H50N2/c1-5-15-25(16-6-1)29(26-17-7-2-8-18-26)23-13-14-24-30(27-19-9-3-10-20-27)28-21-11-4-12-22-28/h13-14,25-28H,1-12,15-24H2. The van der Waals surface area contributed by atoms with Crippen molar-refractivity contribution in [3.63, 3.8) is 0 Å². The Morgan fingerprint density at radius 3 is 0.833 bits per heavy atom. The Balaban J connectivity index is 1.35. The summed E-state index contributed by atoms with van der Waals surface area (Å²) >= 11 is 0. The van der Waals surface area contributed by atoms with Gasteiger partial charge in [-0.1, -0.05) is 89.2 Å². The predicted molar refractivity (Wildman–Crippen MR) is 130 cm³/mol. The van der Waals surface area contributed by atoms with Crippen LogP contribution in [0.5, 0.6) is 0 Å². The highest BCUT2D eigenvalue weighted by Gasteiger charge is 2.29. The van der Waals surface area contributed by atoms with Crippen molar-refractivity contribution < 1.29 is 0 Å². The molecule has 0 amide bonds. The second kappa shape index (κ2) is 12.6. The van der Waals surface area contributed by atoms with Gasteiger partial charge in [0.2, 0.25) is 0 Å². The summed E-state index contributed by atoms with van der Waals surface area (Å²) in [7, 11) is 0. The summed E-state index contributed by atoms with van der Waals surface area (Å²) in [6.45, 7) is 2.44. The fraction of sp³-hybridized carbons (Fsp3) is 0.929. The van der Waals surface area contributed by atoms with E-state index in [0.717, 1.165) is 24.2 Å². The van der Waals surface area contributed by atoms with Crippen LogP contribution in [0.3, 0.4) is 0 Å². The maximum Gasteiger partial charge on any atom is 0.0169 e. The summed E-state index contributed by atoms with van der Waals surface area (Å²) in [6.07, 6.45) is 34.5. The van der Waals surface area contributed by atoms with Gasteiger partial charge in [-0.2, -0.15) is 0 Å². The third kappa shape index (κ3) is 6.58. The third-order valence-corrected chi connectivity index (χ3v) is 8.97. The quantitative estimate of drug-likeness (QED) is 0.380. The van der Waals surface area contributed by atoms with Crippen LogP contribution in [0.1, 0.15) is 128 Å². The first-order valence-corrected chi connectivity index (χ1v) is 14.1. The van der Waals surface area contributed by atoms with Gasteiger partial charge in [0.1, 0.15) is 0 Å². The summed E-state index contributed by atoms with van der Waals surface area (Å²) in [5, 5.41) is 0. The lowest BCUT2D eigenvalue weighted by atomic mass is 9.88. The highest BCUT2D eigenvalue weighted by atomic mass is 15.2. The van der Waals surface area contributed by atoms with Crippen molar-refractivity contribution in [2.24, 2.45) is 0 Å². The monoisotopic (exact) mass is 414 g/mol. The Bertz CT molecular complexity index is 397. The number of rotatable bonds is 8. The molecule has 4 saturated carbocycles. The van der Waals surface area contributed by atoms with E-state index in [0.29, 0.717) is 0 Å². The molecule has 0 aromatic heterocycles. The Labute approximate surface area is 187 Å². The van der Waals surface area contributed by atoms with Crippen LogP contribution < -0.4 is 0 Å². The van der Waals surface area contributed by atoms with E-state index in [1.54, 1.807) is 0 Å². The van der Waals surface area contributed by atoms with Crippen molar-refractivity contribution in [3.8, 4) is 0 Å². The molecule has 0 aliphatic heterocycles. The molecule has 0 unspecified atom stereocenters. The molecule has 4 rings (SSSR count). The van der Waals surface area contributed by atoms with Crippen LogP contribution >= 0.6 is 0 Å². The average molecular weight is 415 g/mol. The highest BCUT2D eigenvalue weighted by molar-refractivity contribution is 4.95. The van der Waals surface area contributed by atoms with Gasteiger partial charge in [-0.25, -0.2) is 0 Å². The second-order valence-corrected chi connectivity index (χ2v) is 11.0. The average Bonchev–Trinajstić information content (AvgIpc) is 2.84. The van der Waals surface area contributed by atoms with Crippen LogP contribution in [0.25, 0.3) is 0 Å². The van der Waals surface area contributed by atoms with E-state index in [-0.39, 0.29) is 0 Å².